The molecule has 17 heteroatoms. The summed E-state index contributed by atoms with van der Waals surface area (Å²) in [5.74, 6) is -1.71. The molecule has 0 fully saturated rings. The summed E-state index contributed by atoms with van der Waals surface area (Å²) in [7, 11) is 0. The van der Waals surface area contributed by atoms with Crippen molar-refractivity contribution in [3.8, 4) is 0 Å². The van der Waals surface area contributed by atoms with Gasteiger partial charge in [0.2, 0.25) is 0 Å². The number of aromatic nitrogens is 6. The van der Waals surface area contributed by atoms with Crippen molar-refractivity contribution >= 4 is 23.5 Å². The van der Waals surface area contributed by atoms with E-state index in [2.05, 4.69) is 25.5 Å². The van der Waals surface area contributed by atoms with Gasteiger partial charge < -0.3 is 16.2 Å². The predicted molar refractivity (Wildman–Crippen MR) is 173 cm³/mol. The number of alkyl halides is 6. The smallest absolute Gasteiger partial charge is 0.417 e. The first-order valence-corrected chi connectivity index (χ1v) is 14.7. The summed E-state index contributed by atoms with van der Waals surface area (Å²) < 4.78 is 78.8. The van der Waals surface area contributed by atoms with Gasteiger partial charge in [0.1, 0.15) is 5.82 Å². The lowest BCUT2D eigenvalue weighted by Crippen LogP contribution is -2.19. The number of anilines is 2. The number of amides is 1. The molecule has 4 aromatic heterocycles. The van der Waals surface area contributed by atoms with E-state index in [9.17, 15) is 35.9 Å². The van der Waals surface area contributed by atoms with Gasteiger partial charge in [-0.25, -0.2) is 4.79 Å². The number of nitrogens with two attached hydrogens (primary N) is 1. The molecule has 11 nitrogen and oxygen atoms in total. The maximum atomic E-state index is 13.0. The van der Waals surface area contributed by atoms with Crippen molar-refractivity contribution in [3.05, 3.63) is 155 Å². The molecule has 51 heavy (non-hydrogen) atoms. The van der Waals surface area contributed by atoms with E-state index in [0.717, 1.165) is 48.0 Å². The monoisotopic (exact) mass is 710 g/mol. The summed E-state index contributed by atoms with van der Waals surface area (Å²) in [6, 6.07) is 19.5. The lowest BCUT2D eigenvalue weighted by atomic mass is 10.1. The van der Waals surface area contributed by atoms with Crippen molar-refractivity contribution in [1.82, 2.24) is 29.5 Å². The van der Waals surface area contributed by atoms with E-state index >= 15 is 0 Å². The lowest BCUT2D eigenvalue weighted by molar-refractivity contribution is -0.138. The van der Waals surface area contributed by atoms with Gasteiger partial charge in [-0.2, -0.15) is 36.5 Å². The summed E-state index contributed by atoms with van der Waals surface area (Å²) in [4.78, 5) is 30.4. The fourth-order valence-corrected chi connectivity index (χ4v) is 4.36. The molecule has 1 amide bonds. The van der Waals surface area contributed by atoms with Gasteiger partial charge in [0.25, 0.3) is 5.91 Å². The van der Waals surface area contributed by atoms with E-state index in [1.807, 2.05) is 30.5 Å². The number of rotatable bonds is 7. The normalized spacial score (nSPS) is 11.0. The quantitative estimate of drug-likeness (QED) is 0.151. The molecule has 6 aromatic rings. The summed E-state index contributed by atoms with van der Waals surface area (Å²) in [6.45, 7) is 1.19. The van der Waals surface area contributed by atoms with Crippen molar-refractivity contribution in [3.63, 3.8) is 0 Å². The van der Waals surface area contributed by atoms with Crippen molar-refractivity contribution in [2.75, 3.05) is 11.1 Å². The largest absolute Gasteiger partial charge is 0.478 e. The molecule has 0 radical (unpaired) electrons. The summed E-state index contributed by atoms with van der Waals surface area (Å²) in [6.07, 6.45) is 1.10. The summed E-state index contributed by atoms with van der Waals surface area (Å²) >= 11 is 0. The highest BCUT2D eigenvalue weighted by Gasteiger charge is 2.35. The number of carboxylic acid groups (broad SMARTS) is 1. The van der Waals surface area contributed by atoms with E-state index in [0.29, 0.717) is 12.4 Å². The minimum Gasteiger partial charge on any atom is -0.478 e. The van der Waals surface area contributed by atoms with Crippen molar-refractivity contribution in [2.24, 2.45) is 0 Å². The molecule has 0 spiro atoms. The molecule has 0 unspecified atom stereocenters. The topological polar surface area (TPSA) is 154 Å². The Hall–Kier alpha value is -6.52. The fraction of sp³-hybridized carbons (Fsp3) is 0.118. The minimum atomic E-state index is -4.62. The number of carbonyl (C=O) groups excluding carboxylic acids is 1. The maximum absolute atomic E-state index is 13.0. The molecule has 6 rings (SSSR count). The van der Waals surface area contributed by atoms with Crippen LogP contribution in [0.4, 0.5) is 38.0 Å². The molecule has 4 heterocycles. The molecule has 0 atom stereocenters. The third-order valence-corrected chi connectivity index (χ3v) is 6.67. The zero-order valence-electron chi connectivity index (χ0n) is 26.3. The first kappa shape index (κ1) is 37.3. The van der Waals surface area contributed by atoms with Crippen LogP contribution in [0.1, 0.15) is 43.0 Å². The number of nitrogens with zero attached hydrogens (tertiary/aromatic N) is 6. The van der Waals surface area contributed by atoms with E-state index in [-0.39, 0.29) is 5.82 Å². The number of nitrogens with one attached hydrogen (secondary N) is 1. The van der Waals surface area contributed by atoms with Crippen LogP contribution in [-0.2, 0) is 25.4 Å². The second-order valence-corrected chi connectivity index (χ2v) is 10.4. The lowest BCUT2D eigenvalue weighted by Gasteiger charge is -2.11. The fourth-order valence-electron chi connectivity index (χ4n) is 4.36. The predicted octanol–water partition coefficient (Wildman–Crippen LogP) is 6.91. The van der Waals surface area contributed by atoms with Gasteiger partial charge in [-0.15, -0.1) is 0 Å². The Kier molecular flexibility index (Phi) is 12.2. The Morgan fingerprint density at radius 3 is 1.55 bits per heavy atom. The van der Waals surface area contributed by atoms with Gasteiger partial charge in [-0.05, 0) is 65.7 Å². The van der Waals surface area contributed by atoms with Crippen LogP contribution in [-0.4, -0.2) is 46.5 Å². The molecule has 0 saturated carbocycles. The molecular formula is C34H28F6N8O3. The number of hydrogen-bond donors (Lipinski definition) is 3. The van der Waals surface area contributed by atoms with Crippen LogP contribution in [0, 0.1) is 0 Å². The van der Waals surface area contributed by atoms with E-state index in [1.165, 1.54) is 24.3 Å². The van der Waals surface area contributed by atoms with Crippen LogP contribution in [0.15, 0.2) is 122 Å². The second-order valence-electron chi connectivity index (χ2n) is 10.4. The molecule has 0 bridgehead atoms. The SMILES string of the molecule is Nc1ccn(Cc2ccncc2)n1.O=C(Nc1ccn(Cc2ccncc2)n1)c1ccccc1C(F)(F)F.O=C(O)c1ccccc1C(F)(F)F. The van der Waals surface area contributed by atoms with Gasteiger partial charge >= 0.3 is 18.3 Å². The first-order chi connectivity index (χ1) is 24.2. The third kappa shape index (κ3) is 11.3. The van der Waals surface area contributed by atoms with Gasteiger partial charge in [-0.3, -0.25) is 24.1 Å². The Bertz CT molecular complexity index is 2030. The molecule has 0 aliphatic carbocycles. The Morgan fingerprint density at radius 1 is 0.647 bits per heavy atom. The standard InChI is InChI=1S/C17H13F3N4O.C9H10N4.C8H5F3O2/c18-17(19,20)14-4-2-1-3-13(14)16(25)22-15-7-10-24(23-15)11-12-5-8-21-9-6-12;10-9-3-6-13(12-9)7-8-1-4-11-5-2-8;9-8(10,11)6-4-2-1-3-5(6)7(12)13/h1-10H,11H2,(H,22,23,25);1-6H,7H2,(H2,10,12);1-4H,(H,12,13). The Labute approximate surface area is 286 Å². The number of pyridine rings is 2. The van der Waals surface area contributed by atoms with Crippen LogP contribution >= 0.6 is 0 Å². The summed E-state index contributed by atoms with van der Waals surface area (Å²) in [5.41, 5.74) is 4.33. The molecule has 264 valence electrons. The number of carbonyl (C=O) groups is 2. The molecule has 0 saturated heterocycles. The van der Waals surface area contributed by atoms with Crippen LogP contribution in [0.5, 0.6) is 0 Å². The minimum absolute atomic E-state index is 0.177. The zero-order valence-corrected chi connectivity index (χ0v) is 26.3. The van der Waals surface area contributed by atoms with Crippen LogP contribution in [0.3, 0.4) is 0 Å². The van der Waals surface area contributed by atoms with Crippen LogP contribution < -0.4 is 11.1 Å². The van der Waals surface area contributed by atoms with Gasteiger partial charge in [0.05, 0.1) is 35.3 Å². The summed E-state index contributed by atoms with van der Waals surface area (Å²) in [5, 5.41) is 19.0. The number of hydrogen-bond acceptors (Lipinski definition) is 7. The molecule has 0 aliphatic heterocycles. The zero-order chi connectivity index (χ0) is 37.0. The van der Waals surface area contributed by atoms with E-state index in [1.54, 1.807) is 46.4 Å². The van der Waals surface area contributed by atoms with Gasteiger partial charge in [0.15, 0.2) is 5.82 Å². The average Bonchev–Trinajstić information content (AvgIpc) is 3.73. The van der Waals surface area contributed by atoms with Gasteiger partial charge in [-0.1, -0.05) is 24.3 Å². The molecule has 0 aliphatic rings. The Morgan fingerprint density at radius 2 is 1.10 bits per heavy atom. The van der Waals surface area contributed by atoms with Crippen molar-refractivity contribution in [2.45, 2.75) is 25.4 Å². The number of halogens is 6. The Balaban J connectivity index is 0.000000189. The van der Waals surface area contributed by atoms with Crippen molar-refractivity contribution in [1.29, 1.82) is 0 Å². The van der Waals surface area contributed by atoms with Crippen LogP contribution in [0.25, 0.3) is 0 Å². The maximum Gasteiger partial charge on any atom is 0.417 e. The van der Waals surface area contributed by atoms with E-state index < -0.39 is 46.5 Å². The number of benzene rings is 2. The second kappa shape index (κ2) is 16.7. The van der Waals surface area contributed by atoms with Crippen LogP contribution in [0.2, 0.25) is 0 Å². The van der Waals surface area contributed by atoms with Gasteiger partial charge in [0, 0.05) is 43.2 Å². The average molecular weight is 711 g/mol. The molecule has 2 aromatic carbocycles. The van der Waals surface area contributed by atoms with E-state index in [4.69, 9.17) is 10.8 Å². The first-order valence-electron chi connectivity index (χ1n) is 14.7. The number of nitrogen functional groups attached to an aromatic ring is 1. The molecule has 4 N–H and O–H groups in total. The molecular weight excluding hydrogens is 682 g/mol. The highest BCUT2D eigenvalue weighted by Crippen LogP contribution is 2.33. The number of carboxylic acids is 1. The van der Waals surface area contributed by atoms with Crippen molar-refractivity contribution < 1.29 is 41.0 Å². The third-order valence-electron chi connectivity index (χ3n) is 6.67. The number of aromatic carboxylic acids is 1. The highest BCUT2D eigenvalue weighted by atomic mass is 19.4. The highest BCUT2D eigenvalue weighted by molar-refractivity contribution is 6.04.